The molecule has 1 saturated heterocycles. The maximum atomic E-state index is 12.9. The highest BCUT2D eigenvalue weighted by atomic mass is 35.5. The zero-order valence-corrected chi connectivity index (χ0v) is 15.1. The van der Waals surface area contributed by atoms with Gasteiger partial charge in [-0.3, -0.25) is 4.79 Å². The third-order valence-electron chi connectivity index (χ3n) is 4.62. The molecule has 23 heavy (non-hydrogen) atoms. The molecule has 1 heterocycles. The van der Waals surface area contributed by atoms with Crippen LogP contribution in [0.15, 0.2) is 12.1 Å². The third-order valence-corrected chi connectivity index (χ3v) is 4.62. The zero-order valence-electron chi connectivity index (χ0n) is 14.3. The standard InChI is InChI=1S/C17H26N2O3.ClH/c1-11-6-5-7-19(14(11)10-18)17(20)13-8-15(21-3)12(2)16(9-13)22-4;/h8-9,11,14H,5-7,10,18H2,1-4H3;1H. The molecule has 0 spiro atoms. The number of benzene rings is 1. The molecule has 0 bridgehead atoms. The SMILES string of the molecule is COc1cc(C(=O)N2CCCC(C)C2CN)cc(OC)c1C.Cl. The number of rotatable bonds is 4. The van der Waals surface area contributed by atoms with Gasteiger partial charge in [0.1, 0.15) is 11.5 Å². The van der Waals surface area contributed by atoms with E-state index in [1.165, 1.54) is 0 Å². The number of methoxy groups -OCH3 is 2. The van der Waals surface area contributed by atoms with E-state index in [2.05, 4.69) is 6.92 Å². The van der Waals surface area contributed by atoms with E-state index in [-0.39, 0.29) is 24.4 Å². The maximum Gasteiger partial charge on any atom is 0.254 e. The lowest BCUT2D eigenvalue weighted by Gasteiger charge is -2.39. The lowest BCUT2D eigenvalue weighted by Crippen LogP contribution is -2.51. The van der Waals surface area contributed by atoms with Crippen LogP contribution in [0.25, 0.3) is 0 Å². The molecule has 1 aromatic rings. The molecule has 1 aromatic carbocycles. The first kappa shape index (κ1) is 19.6. The van der Waals surface area contributed by atoms with Crippen LogP contribution in [0.2, 0.25) is 0 Å². The number of ether oxygens (including phenoxy) is 2. The van der Waals surface area contributed by atoms with Crippen molar-refractivity contribution in [1.29, 1.82) is 0 Å². The van der Waals surface area contributed by atoms with Crippen molar-refractivity contribution in [1.82, 2.24) is 4.90 Å². The molecule has 1 aliphatic rings. The van der Waals surface area contributed by atoms with Crippen molar-refractivity contribution in [2.45, 2.75) is 32.7 Å². The van der Waals surface area contributed by atoms with Gasteiger partial charge in [0, 0.05) is 30.3 Å². The Balaban J connectivity index is 0.00000264. The minimum atomic E-state index is -0.00130. The molecule has 130 valence electrons. The number of halogens is 1. The Labute approximate surface area is 144 Å². The van der Waals surface area contributed by atoms with Crippen LogP contribution in [-0.2, 0) is 0 Å². The van der Waals surface area contributed by atoms with Crippen molar-refractivity contribution in [3.8, 4) is 11.5 Å². The first-order valence-electron chi connectivity index (χ1n) is 7.77. The summed E-state index contributed by atoms with van der Waals surface area (Å²) in [7, 11) is 3.20. The normalized spacial score (nSPS) is 20.7. The van der Waals surface area contributed by atoms with E-state index < -0.39 is 0 Å². The molecule has 1 fully saturated rings. The number of amides is 1. The van der Waals surface area contributed by atoms with Crippen LogP contribution in [0.1, 0.15) is 35.7 Å². The summed E-state index contributed by atoms with van der Waals surface area (Å²) in [6.07, 6.45) is 2.13. The molecular weight excluding hydrogens is 316 g/mol. The van der Waals surface area contributed by atoms with Crippen molar-refractivity contribution in [3.05, 3.63) is 23.3 Å². The Hall–Kier alpha value is -1.46. The highest BCUT2D eigenvalue weighted by Gasteiger charge is 2.31. The van der Waals surface area contributed by atoms with Gasteiger partial charge in [0.15, 0.2) is 0 Å². The second-order valence-corrected chi connectivity index (χ2v) is 5.93. The number of piperidine rings is 1. The Kier molecular flexibility index (Phi) is 7.16. The molecule has 0 aromatic heterocycles. The monoisotopic (exact) mass is 342 g/mol. The smallest absolute Gasteiger partial charge is 0.254 e. The summed E-state index contributed by atoms with van der Waals surface area (Å²) in [6.45, 7) is 5.32. The van der Waals surface area contributed by atoms with Crippen LogP contribution in [0.3, 0.4) is 0 Å². The minimum Gasteiger partial charge on any atom is -0.496 e. The van der Waals surface area contributed by atoms with Crippen LogP contribution < -0.4 is 15.2 Å². The molecule has 2 unspecified atom stereocenters. The van der Waals surface area contributed by atoms with E-state index in [0.29, 0.717) is 29.5 Å². The fourth-order valence-electron chi connectivity index (χ4n) is 3.24. The van der Waals surface area contributed by atoms with Crippen LogP contribution in [0.5, 0.6) is 11.5 Å². The van der Waals surface area contributed by atoms with Crippen molar-refractivity contribution in [2.75, 3.05) is 27.3 Å². The fourth-order valence-corrected chi connectivity index (χ4v) is 3.24. The van der Waals surface area contributed by atoms with Gasteiger partial charge < -0.3 is 20.1 Å². The van der Waals surface area contributed by atoms with Crippen LogP contribution in [-0.4, -0.2) is 44.2 Å². The second-order valence-electron chi connectivity index (χ2n) is 5.93. The summed E-state index contributed by atoms with van der Waals surface area (Å²) in [5.41, 5.74) is 7.38. The van der Waals surface area contributed by atoms with E-state index in [1.807, 2.05) is 11.8 Å². The summed E-state index contributed by atoms with van der Waals surface area (Å²) >= 11 is 0. The van der Waals surface area contributed by atoms with Crippen molar-refractivity contribution < 1.29 is 14.3 Å². The highest BCUT2D eigenvalue weighted by molar-refractivity contribution is 5.95. The summed E-state index contributed by atoms with van der Waals surface area (Å²) in [4.78, 5) is 14.8. The lowest BCUT2D eigenvalue weighted by molar-refractivity contribution is 0.0532. The predicted molar refractivity (Wildman–Crippen MR) is 93.8 cm³/mol. The molecule has 2 atom stereocenters. The molecule has 1 amide bonds. The van der Waals surface area contributed by atoms with Crippen molar-refractivity contribution in [2.24, 2.45) is 11.7 Å². The Morgan fingerprint density at radius 1 is 1.30 bits per heavy atom. The molecule has 2 rings (SSSR count). The van der Waals surface area contributed by atoms with E-state index in [4.69, 9.17) is 15.2 Å². The van der Waals surface area contributed by atoms with E-state index in [0.717, 1.165) is 24.9 Å². The van der Waals surface area contributed by atoms with E-state index in [1.54, 1.807) is 26.4 Å². The molecule has 0 aliphatic carbocycles. The van der Waals surface area contributed by atoms with Gasteiger partial charge in [0.05, 0.1) is 14.2 Å². The average Bonchev–Trinajstić information content (AvgIpc) is 2.54. The molecule has 0 radical (unpaired) electrons. The number of nitrogens with two attached hydrogens (primary N) is 1. The number of carbonyl (C=O) groups excluding carboxylic acids is 1. The highest BCUT2D eigenvalue weighted by Crippen LogP contribution is 2.31. The van der Waals surface area contributed by atoms with E-state index >= 15 is 0 Å². The minimum absolute atomic E-state index is 0. The van der Waals surface area contributed by atoms with Crippen LogP contribution in [0.4, 0.5) is 0 Å². The van der Waals surface area contributed by atoms with Gasteiger partial charge in [-0.1, -0.05) is 6.92 Å². The summed E-state index contributed by atoms with van der Waals surface area (Å²) in [5.74, 6) is 1.75. The van der Waals surface area contributed by atoms with Crippen molar-refractivity contribution >= 4 is 18.3 Å². The lowest BCUT2D eigenvalue weighted by atomic mass is 9.90. The second kappa shape index (κ2) is 8.41. The van der Waals surface area contributed by atoms with Crippen molar-refractivity contribution in [3.63, 3.8) is 0 Å². The summed E-state index contributed by atoms with van der Waals surface area (Å²) in [5, 5.41) is 0. The molecule has 6 heteroatoms. The molecular formula is C17H27ClN2O3. The third kappa shape index (κ3) is 3.90. The van der Waals surface area contributed by atoms with Gasteiger partial charge in [-0.2, -0.15) is 0 Å². The maximum absolute atomic E-state index is 12.9. The molecule has 5 nitrogen and oxygen atoms in total. The Morgan fingerprint density at radius 2 is 1.87 bits per heavy atom. The molecule has 2 N–H and O–H groups in total. The van der Waals surface area contributed by atoms with Gasteiger partial charge in [0.2, 0.25) is 0 Å². The Bertz CT molecular complexity index is 526. The number of likely N-dealkylation sites (tertiary alicyclic amines) is 1. The van der Waals surface area contributed by atoms with Crippen LogP contribution >= 0.6 is 12.4 Å². The first-order chi connectivity index (χ1) is 10.5. The average molecular weight is 343 g/mol. The number of nitrogens with zero attached hydrogens (tertiary/aromatic N) is 1. The van der Waals surface area contributed by atoms with Crippen LogP contribution in [0, 0.1) is 12.8 Å². The molecule has 1 aliphatic heterocycles. The van der Waals surface area contributed by atoms with Gasteiger partial charge >= 0.3 is 0 Å². The quantitative estimate of drug-likeness (QED) is 0.913. The summed E-state index contributed by atoms with van der Waals surface area (Å²) in [6, 6.07) is 3.67. The largest absolute Gasteiger partial charge is 0.496 e. The first-order valence-corrected chi connectivity index (χ1v) is 7.77. The number of hydrogen-bond acceptors (Lipinski definition) is 4. The number of hydrogen-bond donors (Lipinski definition) is 1. The van der Waals surface area contributed by atoms with Gasteiger partial charge in [0.25, 0.3) is 5.91 Å². The van der Waals surface area contributed by atoms with Gasteiger partial charge in [-0.25, -0.2) is 0 Å². The molecule has 0 saturated carbocycles. The Morgan fingerprint density at radius 3 is 2.35 bits per heavy atom. The topological polar surface area (TPSA) is 64.8 Å². The van der Waals surface area contributed by atoms with Gasteiger partial charge in [-0.05, 0) is 37.8 Å². The fraction of sp³-hybridized carbons (Fsp3) is 0.588. The zero-order chi connectivity index (χ0) is 16.3. The van der Waals surface area contributed by atoms with E-state index in [9.17, 15) is 4.79 Å². The number of carbonyl (C=O) groups is 1. The predicted octanol–water partition coefficient (Wildman–Crippen LogP) is 2.63. The summed E-state index contributed by atoms with van der Waals surface area (Å²) < 4.78 is 10.7. The van der Waals surface area contributed by atoms with Gasteiger partial charge in [-0.15, -0.1) is 12.4 Å².